The molecule has 3 unspecified atom stereocenters. The highest BCUT2D eigenvalue weighted by atomic mass is 127. The van der Waals surface area contributed by atoms with Crippen molar-refractivity contribution in [2.45, 2.75) is 38.4 Å². The van der Waals surface area contributed by atoms with Crippen molar-refractivity contribution in [3.05, 3.63) is 28.8 Å². The number of aryl methyl sites for hydroxylation is 1. The zero-order valence-corrected chi connectivity index (χ0v) is 21.1. The van der Waals surface area contributed by atoms with E-state index in [0.717, 1.165) is 69.8 Å². The number of nitrogens with zero attached hydrogens (tertiary/aromatic N) is 3. The van der Waals surface area contributed by atoms with Crippen LogP contribution in [0.1, 0.15) is 24.8 Å². The summed E-state index contributed by atoms with van der Waals surface area (Å²) in [6.45, 7) is 8.53. The Labute approximate surface area is 202 Å². The molecule has 1 aromatic rings. The molecule has 3 aliphatic heterocycles. The van der Waals surface area contributed by atoms with Crippen molar-refractivity contribution in [2.75, 3.05) is 57.9 Å². The number of hydrogen-bond donors (Lipinski definition) is 1. The zero-order valence-electron chi connectivity index (χ0n) is 18.0. The van der Waals surface area contributed by atoms with Crippen molar-refractivity contribution in [1.82, 2.24) is 10.2 Å². The quantitative estimate of drug-likeness (QED) is 0.354. The molecule has 3 aliphatic rings. The number of benzene rings is 1. The molecule has 6 nitrogen and oxygen atoms in total. The van der Waals surface area contributed by atoms with Crippen molar-refractivity contribution in [3.63, 3.8) is 0 Å². The van der Waals surface area contributed by atoms with Crippen molar-refractivity contribution in [3.8, 4) is 0 Å². The lowest BCUT2D eigenvalue weighted by atomic mass is 10.1. The number of anilines is 1. The molecule has 3 heterocycles. The Morgan fingerprint density at radius 2 is 2.00 bits per heavy atom. The molecule has 3 fully saturated rings. The van der Waals surface area contributed by atoms with Gasteiger partial charge in [0.15, 0.2) is 5.96 Å². The fourth-order valence-corrected chi connectivity index (χ4v) is 4.86. The molecule has 168 valence electrons. The molecule has 0 amide bonds. The van der Waals surface area contributed by atoms with Crippen molar-refractivity contribution >= 4 is 47.2 Å². The van der Waals surface area contributed by atoms with Gasteiger partial charge in [0.25, 0.3) is 0 Å². The van der Waals surface area contributed by atoms with E-state index in [1.807, 2.05) is 13.1 Å². The van der Waals surface area contributed by atoms with Gasteiger partial charge in [0.1, 0.15) is 6.10 Å². The summed E-state index contributed by atoms with van der Waals surface area (Å²) in [4.78, 5) is 9.32. The van der Waals surface area contributed by atoms with Gasteiger partial charge in [-0.25, -0.2) is 0 Å². The van der Waals surface area contributed by atoms with Crippen LogP contribution in [0.25, 0.3) is 0 Å². The third-order valence-corrected chi connectivity index (χ3v) is 6.57. The number of ether oxygens (including phenoxy) is 2. The molecule has 0 saturated carbocycles. The third-order valence-electron chi connectivity index (χ3n) is 6.33. The lowest BCUT2D eigenvalue weighted by Gasteiger charge is -2.37. The van der Waals surface area contributed by atoms with Gasteiger partial charge in [-0.15, -0.1) is 24.0 Å². The summed E-state index contributed by atoms with van der Waals surface area (Å²) < 4.78 is 11.8. The number of guanidine groups is 1. The fraction of sp³-hybridized carbons (Fsp3) is 0.682. The molecule has 8 heteroatoms. The maximum atomic E-state index is 6.22. The van der Waals surface area contributed by atoms with Gasteiger partial charge in [-0.05, 0) is 49.8 Å². The summed E-state index contributed by atoms with van der Waals surface area (Å²) in [7, 11) is 1.87. The van der Waals surface area contributed by atoms with Crippen LogP contribution in [-0.2, 0) is 9.47 Å². The number of aliphatic imine (C=N–C) groups is 1. The van der Waals surface area contributed by atoms with E-state index >= 15 is 0 Å². The van der Waals surface area contributed by atoms with Crippen LogP contribution >= 0.6 is 35.6 Å². The number of nitrogens with one attached hydrogen (secondary N) is 1. The summed E-state index contributed by atoms with van der Waals surface area (Å²) in [6, 6.07) is 6.16. The van der Waals surface area contributed by atoms with E-state index in [-0.39, 0.29) is 36.2 Å². The van der Waals surface area contributed by atoms with Crippen LogP contribution in [0.3, 0.4) is 0 Å². The van der Waals surface area contributed by atoms with Gasteiger partial charge in [0, 0.05) is 57.1 Å². The molecule has 1 aromatic carbocycles. The van der Waals surface area contributed by atoms with E-state index in [9.17, 15) is 0 Å². The van der Waals surface area contributed by atoms with Crippen molar-refractivity contribution in [2.24, 2.45) is 10.9 Å². The molecule has 0 aliphatic carbocycles. The molecule has 0 bridgehead atoms. The number of halogens is 2. The molecule has 1 N–H and O–H groups in total. The van der Waals surface area contributed by atoms with Crippen LogP contribution in [0.2, 0.25) is 5.02 Å². The summed E-state index contributed by atoms with van der Waals surface area (Å²) in [6.07, 6.45) is 3.81. The fourth-order valence-electron chi connectivity index (χ4n) is 4.70. The molecule has 0 radical (unpaired) electrons. The van der Waals surface area contributed by atoms with Gasteiger partial charge >= 0.3 is 0 Å². The largest absolute Gasteiger partial charge is 0.375 e. The van der Waals surface area contributed by atoms with Gasteiger partial charge < -0.3 is 24.6 Å². The molecule has 3 atom stereocenters. The summed E-state index contributed by atoms with van der Waals surface area (Å²) >= 11 is 6.22. The van der Waals surface area contributed by atoms with Crippen molar-refractivity contribution in [1.29, 1.82) is 0 Å². The Morgan fingerprint density at radius 1 is 1.17 bits per heavy atom. The first kappa shape index (κ1) is 23.9. The smallest absolute Gasteiger partial charge is 0.193 e. The standard InChI is InChI=1S/C22H33ClN4O2.HI/c1-16-5-6-18(23)12-19(16)26-8-7-17(14-26)13-25-22(24-2)27-9-11-29-21(15-27)20-4-3-10-28-20;/h5-6,12,17,20-21H,3-4,7-11,13-15H2,1-2H3,(H,24,25);1H. The number of rotatable bonds is 4. The maximum absolute atomic E-state index is 6.22. The minimum absolute atomic E-state index is 0. The van der Waals surface area contributed by atoms with E-state index in [1.165, 1.54) is 17.7 Å². The third kappa shape index (κ3) is 5.72. The minimum atomic E-state index is 0. The molecular weight excluding hydrogens is 515 g/mol. The Balaban J connectivity index is 0.00000256. The maximum Gasteiger partial charge on any atom is 0.193 e. The predicted molar refractivity (Wildman–Crippen MR) is 134 cm³/mol. The van der Waals surface area contributed by atoms with Gasteiger partial charge in [0.05, 0.1) is 12.7 Å². The Bertz CT molecular complexity index is 729. The van der Waals surface area contributed by atoms with Crippen molar-refractivity contribution < 1.29 is 9.47 Å². The van der Waals surface area contributed by atoms with E-state index in [2.05, 4.69) is 39.2 Å². The highest BCUT2D eigenvalue weighted by Gasteiger charge is 2.32. The first-order valence-corrected chi connectivity index (χ1v) is 11.2. The topological polar surface area (TPSA) is 49.3 Å². The second kappa shape index (κ2) is 11.2. The molecule has 30 heavy (non-hydrogen) atoms. The van der Waals surface area contributed by atoms with Gasteiger partial charge in [-0.1, -0.05) is 17.7 Å². The summed E-state index contributed by atoms with van der Waals surface area (Å²) in [5, 5.41) is 4.42. The normalized spacial score (nSPS) is 27.3. The minimum Gasteiger partial charge on any atom is -0.375 e. The molecule has 4 rings (SSSR count). The SMILES string of the molecule is CN=C(NCC1CCN(c2cc(Cl)ccc2C)C1)N1CCOC(C2CCCO2)C1.I. The van der Waals surface area contributed by atoms with E-state index in [1.54, 1.807) is 0 Å². The molecular formula is C22H34ClIN4O2. The number of morpholine rings is 1. The highest BCUT2D eigenvalue weighted by molar-refractivity contribution is 14.0. The van der Waals surface area contributed by atoms with E-state index < -0.39 is 0 Å². The second-order valence-corrected chi connectivity index (χ2v) is 8.80. The predicted octanol–water partition coefficient (Wildman–Crippen LogP) is 3.55. The molecule has 0 aromatic heterocycles. The average molecular weight is 549 g/mol. The van der Waals surface area contributed by atoms with Crippen LogP contribution < -0.4 is 10.2 Å². The Morgan fingerprint density at radius 3 is 2.77 bits per heavy atom. The highest BCUT2D eigenvalue weighted by Crippen LogP contribution is 2.29. The van der Waals surface area contributed by atoms with Crippen LogP contribution in [0, 0.1) is 12.8 Å². The average Bonchev–Trinajstić information content (AvgIpc) is 3.43. The molecule has 3 saturated heterocycles. The van der Waals surface area contributed by atoms with Gasteiger partial charge in [-0.3, -0.25) is 4.99 Å². The number of hydrogen-bond acceptors (Lipinski definition) is 4. The van der Waals surface area contributed by atoms with E-state index in [4.69, 9.17) is 21.1 Å². The summed E-state index contributed by atoms with van der Waals surface area (Å²) in [5.74, 6) is 1.58. The Hall–Kier alpha value is -0.770. The second-order valence-electron chi connectivity index (χ2n) is 8.37. The van der Waals surface area contributed by atoms with Crippen LogP contribution in [0.5, 0.6) is 0 Å². The summed E-state index contributed by atoms with van der Waals surface area (Å²) in [5.41, 5.74) is 2.55. The first-order valence-electron chi connectivity index (χ1n) is 10.8. The van der Waals surface area contributed by atoms with Crippen LogP contribution in [0.4, 0.5) is 5.69 Å². The lowest BCUT2D eigenvalue weighted by Crippen LogP contribution is -2.53. The van der Waals surface area contributed by atoms with Gasteiger partial charge in [0.2, 0.25) is 0 Å². The van der Waals surface area contributed by atoms with Crippen LogP contribution in [-0.4, -0.2) is 76.1 Å². The van der Waals surface area contributed by atoms with E-state index in [0.29, 0.717) is 5.92 Å². The van der Waals surface area contributed by atoms with Crippen LogP contribution in [0.15, 0.2) is 23.2 Å². The first-order chi connectivity index (χ1) is 14.1. The Kier molecular flexibility index (Phi) is 8.92. The lowest BCUT2D eigenvalue weighted by molar-refractivity contribution is -0.0817. The zero-order chi connectivity index (χ0) is 20.2. The molecule has 0 spiro atoms. The van der Waals surface area contributed by atoms with Gasteiger partial charge in [-0.2, -0.15) is 0 Å². The monoisotopic (exact) mass is 548 g/mol.